The number of carbonyl (C=O) groups is 1. The summed E-state index contributed by atoms with van der Waals surface area (Å²) >= 11 is 6.41. The van der Waals surface area contributed by atoms with Crippen LogP contribution in [0.25, 0.3) is 11.3 Å². The maximum Gasteiger partial charge on any atom is 0.290 e. The van der Waals surface area contributed by atoms with Crippen LogP contribution in [0.3, 0.4) is 0 Å². The van der Waals surface area contributed by atoms with Crippen LogP contribution in [0.5, 0.6) is 0 Å². The van der Waals surface area contributed by atoms with Crippen LogP contribution in [0.15, 0.2) is 18.2 Å². The summed E-state index contributed by atoms with van der Waals surface area (Å²) in [5, 5.41) is 7.72. The van der Waals surface area contributed by atoms with Crippen LogP contribution in [0, 0.1) is 0 Å². The van der Waals surface area contributed by atoms with E-state index in [9.17, 15) is 0 Å². The molecule has 0 amide bonds. The molecule has 136 valence electrons. The first kappa shape index (κ1) is 17.3. The lowest BCUT2D eigenvalue weighted by Gasteiger charge is -2.31. The van der Waals surface area contributed by atoms with Crippen molar-refractivity contribution in [3.05, 3.63) is 40.0 Å². The summed E-state index contributed by atoms with van der Waals surface area (Å²) in [4.78, 5) is 20.4. The van der Waals surface area contributed by atoms with Crippen molar-refractivity contribution in [1.82, 2.24) is 9.97 Å². The Morgan fingerprint density at radius 3 is 2.54 bits per heavy atom. The highest BCUT2D eigenvalue weighted by atomic mass is 35.5. The van der Waals surface area contributed by atoms with Crippen LogP contribution in [-0.2, 0) is 17.6 Å². The van der Waals surface area contributed by atoms with Crippen LogP contribution in [0.4, 0.5) is 5.95 Å². The van der Waals surface area contributed by atoms with Crippen molar-refractivity contribution in [2.45, 2.75) is 44.4 Å². The average molecular weight is 372 g/mol. The summed E-state index contributed by atoms with van der Waals surface area (Å²) in [6.45, 7) is 1.92. The Kier molecular flexibility index (Phi) is 4.81. The molecule has 0 spiro atoms. The van der Waals surface area contributed by atoms with E-state index in [-0.39, 0.29) is 6.47 Å². The number of rotatable bonds is 3. The number of anilines is 1. The minimum absolute atomic E-state index is 0.250. The fourth-order valence-corrected chi connectivity index (χ4v) is 3.96. The molecule has 1 aliphatic heterocycles. The van der Waals surface area contributed by atoms with Crippen molar-refractivity contribution in [3.8, 4) is 11.3 Å². The van der Waals surface area contributed by atoms with Gasteiger partial charge in [-0.3, -0.25) is 4.79 Å². The van der Waals surface area contributed by atoms with Gasteiger partial charge in [0.15, 0.2) is 0 Å². The van der Waals surface area contributed by atoms with Crippen molar-refractivity contribution >= 4 is 24.0 Å². The summed E-state index contributed by atoms with van der Waals surface area (Å²) in [6, 6.07) is 6.51. The molecule has 1 aromatic heterocycles. The second-order valence-corrected chi connectivity index (χ2v) is 7.58. The smallest absolute Gasteiger partial charge is 0.290 e. The Morgan fingerprint density at radius 1 is 1.12 bits per heavy atom. The summed E-state index contributed by atoms with van der Waals surface area (Å²) in [6.07, 6.45) is 7.20. The molecule has 26 heavy (non-hydrogen) atoms. The van der Waals surface area contributed by atoms with Crippen LogP contribution < -0.4 is 4.90 Å². The number of carboxylic acid groups (broad SMARTS) is 1. The number of halogens is 1. The number of hydrogen-bond acceptors (Lipinski definition) is 4. The first-order valence-electron chi connectivity index (χ1n) is 9.23. The van der Waals surface area contributed by atoms with E-state index in [0.29, 0.717) is 5.92 Å². The van der Waals surface area contributed by atoms with Gasteiger partial charge in [-0.1, -0.05) is 11.6 Å². The Morgan fingerprint density at radius 2 is 1.88 bits per heavy atom. The monoisotopic (exact) mass is 371 g/mol. The number of aryl methyl sites for hydroxylation is 1. The molecule has 1 saturated carbocycles. The van der Waals surface area contributed by atoms with Crippen molar-refractivity contribution in [3.63, 3.8) is 0 Å². The predicted molar refractivity (Wildman–Crippen MR) is 102 cm³/mol. The molecular formula is C20H22ClN3O2. The number of nitrogens with zero attached hydrogens (tertiary/aromatic N) is 3. The van der Waals surface area contributed by atoms with Gasteiger partial charge in [0.25, 0.3) is 6.47 Å². The van der Waals surface area contributed by atoms with Gasteiger partial charge in [-0.25, -0.2) is 9.97 Å². The highest BCUT2D eigenvalue weighted by Gasteiger charge is 2.27. The van der Waals surface area contributed by atoms with Gasteiger partial charge in [-0.05, 0) is 68.2 Å². The van der Waals surface area contributed by atoms with Gasteiger partial charge in [0.1, 0.15) is 0 Å². The topological polar surface area (TPSA) is 66.3 Å². The summed E-state index contributed by atoms with van der Waals surface area (Å²) in [5.74, 6) is 1.62. The van der Waals surface area contributed by atoms with Crippen molar-refractivity contribution in [2.75, 3.05) is 18.0 Å². The highest BCUT2D eigenvalue weighted by Crippen LogP contribution is 2.43. The Labute approximate surface area is 158 Å². The molecule has 0 unspecified atom stereocenters. The molecule has 2 fully saturated rings. The van der Waals surface area contributed by atoms with E-state index in [2.05, 4.69) is 23.1 Å². The molecule has 2 aliphatic carbocycles. The second-order valence-electron chi connectivity index (χ2n) is 7.14. The molecule has 2 aromatic rings. The first-order chi connectivity index (χ1) is 12.7. The number of hydrogen-bond donors (Lipinski definition) is 1. The lowest BCUT2D eigenvalue weighted by atomic mass is 10.0. The fraction of sp³-hybridized carbons (Fsp3) is 0.450. The van der Waals surface area contributed by atoms with E-state index in [4.69, 9.17) is 31.5 Å². The van der Waals surface area contributed by atoms with E-state index in [1.165, 1.54) is 48.1 Å². The normalized spacial score (nSPS) is 17.8. The quantitative estimate of drug-likeness (QED) is 0.823. The molecule has 5 nitrogen and oxygen atoms in total. The van der Waals surface area contributed by atoms with Crippen LogP contribution in [0.2, 0.25) is 5.02 Å². The maximum absolute atomic E-state index is 8.36. The summed E-state index contributed by atoms with van der Waals surface area (Å²) < 4.78 is 0. The van der Waals surface area contributed by atoms with Gasteiger partial charge >= 0.3 is 0 Å². The summed E-state index contributed by atoms with van der Waals surface area (Å²) in [7, 11) is 0. The molecule has 6 heteroatoms. The third-order valence-corrected chi connectivity index (χ3v) is 5.52. The molecule has 2 heterocycles. The number of aromatic nitrogens is 2. The minimum Gasteiger partial charge on any atom is -0.483 e. The number of fused-ring (bicyclic) bond motifs is 1. The Balaban J connectivity index is 0.000000527. The predicted octanol–water partition coefficient (Wildman–Crippen LogP) is 4.07. The molecule has 5 rings (SSSR count). The molecule has 3 aliphatic rings. The van der Waals surface area contributed by atoms with Crippen molar-refractivity contribution < 1.29 is 9.90 Å². The van der Waals surface area contributed by atoms with Gasteiger partial charge in [-0.15, -0.1) is 0 Å². The third kappa shape index (κ3) is 3.40. The molecule has 1 saturated heterocycles. The van der Waals surface area contributed by atoms with Gasteiger partial charge in [-0.2, -0.15) is 0 Å². The second kappa shape index (κ2) is 7.23. The highest BCUT2D eigenvalue weighted by molar-refractivity contribution is 6.31. The zero-order valence-electron chi connectivity index (χ0n) is 14.6. The molecule has 1 aromatic carbocycles. The summed E-state index contributed by atoms with van der Waals surface area (Å²) in [5.41, 5.74) is 6.28. The Hall–Kier alpha value is -2.14. The zero-order valence-corrected chi connectivity index (χ0v) is 15.4. The lowest BCUT2D eigenvalue weighted by molar-refractivity contribution is -0.122. The maximum atomic E-state index is 8.36. The average Bonchev–Trinajstić information content (AvgIpc) is 3.31. The first-order valence-corrected chi connectivity index (χ1v) is 9.61. The van der Waals surface area contributed by atoms with E-state index in [1.54, 1.807) is 0 Å². The van der Waals surface area contributed by atoms with Crippen LogP contribution in [0.1, 0.15) is 48.4 Å². The van der Waals surface area contributed by atoms with Gasteiger partial charge in [0, 0.05) is 34.9 Å². The van der Waals surface area contributed by atoms with E-state index in [1.807, 2.05) is 0 Å². The van der Waals surface area contributed by atoms with E-state index in [0.717, 1.165) is 42.6 Å². The largest absolute Gasteiger partial charge is 0.483 e. The lowest BCUT2D eigenvalue weighted by Crippen LogP contribution is -2.38. The molecule has 1 N–H and O–H groups in total. The van der Waals surface area contributed by atoms with Crippen LogP contribution >= 0.6 is 11.6 Å². The third-order valence-electron chi connectivity index (χ3n) is 5.30. The van der Waals surface area contributed by atoms with Crippen molar-refractivity contribution in [2.24, 2.45) is 0 Å². The molecule has 0 atom stereocenters. The SMILES string of the molecule is Clc1cc(-c2nc(N3CCC3)nc3c2CCC3)cc(C2CC2)c1.O=CO. The fourth-order valence-electron chi connectivity index (χ4n) is 3.72. The standard InChI is InChI=1S/C19H20ClN3.CH2O2/c20-15-10-13(12-5-6-12)9-14(11-15)18-16-3-1-4-17(16)21-19(22-18)23-7-2-8-23;2-1-3/h9-12H,1-8H2;1H,(H,2,3). The van der Waals surface area contributed by atoms with Crippen LogP contribution in [-0.4, -0.2) is 34.6 Å². The molecule has 0 bridgehead atoms. The van der Waals surface area contributed by atoms with Gasteiger partial charge in [0.05, 0.1) is 5.69 Å². The molecule has 0 radical (unpaired) electrons. The number of benzene rings is 1. The van der Waals surface area contributed by atoms with Gasteiger partial charge in [0.2, 0.25) is 5.95 Å². The van der Waals surface area contributed by atoms with Gasteiger partial charge < -0.3 is 10.0 Å². The molecular weight excluding hydrogens is 350 g/mol. The van der Waals surface area contributed by atoms with E-state index >= 15 is 0 Å². The minimum atomic E-state index is -0.250. The zero-order chi connectivity index (χ0) is 18.1. The Bertz CT molecular complexity index is 832. The van der Waals surface area contributed by atoms with Crippen molar-refractivity contribution in [1.29, 1.82) is 0 Å². The van der Waals surface area contributed by atoms with E-state index < -0.39 is 0 Å².